The Balaban J connectivity index is 2.67. The van der Waals surface area contributed by atoms with Gasteiger partial charge in [0.15, 0.2) is 5.16 Å². The highest BCUT2D eigenvalue weighted by Crippen LogP contribution is 2.13. The summed E-state index contributed by atoms with van der Waals surface area (Å²) in [5, 5.41) is 1.24. The number of halogens is 1. The van der Waals surface area contributed by atoms with E-state index >= 15 is 0 Å². The summed E-state index contributed by atoms with van der Waals surface area (Å²) in [7, 11) is 0. The number of thioether (sulfide) groups is 1. The normalized spacial score (nSPS) is 11.1. The Morgan fingerprint density at radius 2 is 2.47 bits per heavy atom. The second-order valence-corrected chi connectivity index (χ2v) is 4.18. The van der Waals surface area contributed by atoms with Gasteiger partial charge in [0.25, 0.3) is 5.56 Å². The monoisotopic (exact) mass is 243 g/mol. The molecule has 0 saturated heterocycles. The number of hydrogen-bond acceptors (Lipinski definition) is 3. The summed E-state index contributed by atoms with van der Waals surface area (Å²) in [4.78, 5) is 18.7. The van der Waals surface area contributed by atoms with Crippen LogP contribution in [0.2, 0.25) is 0 Å². The number of H-pyrrole nitrogens is 1. The Bertz CT molecular complexity index is 534. The molecule has 0 aliphatic carbocycles. The van der Waals surface area contributed by atoms with E-state index < -0.39 is 0 Å². The highest BCUT2D eigenvalue weighted by atomic mass is 35.5. The fraction of sp³-hybridized carbons (Fsp3) is 0.333. The van der Waals surface area contributed by atoms with E-state index in [4.69, 9.17) is 11.6 Å². The van der Waals surface area contributed by atoms with Crippen molar-refractivity contribution >= 4 is 34.4 Å². The van der Waals surface area contributed by atoms with Crippen molar-refractivity contribution in [2.45, 2.75) is 11.7 Å². The predicted octanol–water partition coefficient (Wildman–Crippen LogP) is 1.69. The molecule has 2 heterocycles. The third-order valence-electron chi connectivity index (χ3n) is 2.13. The SMILES string of the molecule is CSc1nc2c(ccn2CCCl)c(=O)[nH]1. The number of nitrogens with zero attached hydrogens (tertiary/aromatic N) is 2. The molecule has 0 aliphatic heterocycles. The number of aryl methyl sites for hydroxylation is 1. The molecule has 0 unspecified atom stereocenters. The number of fused-ring (bicyclic) bond motifs is 1. The van der Waals surface area contributed by atoms with Gasteiger partial charge < -0.3 is 9.55 Å². The van der Waals surface area contributed by atoms with Crippen LogP contribution in [0.15, 0.2) is 22.2 Å². The zero-order valence-corrected chi connectivity index (χ0v) is 9.73. The third kappa shape index (κ3) is 1.89. The first-order valence-corrected chi connectivity index (χ1v) is 6.21. The van der Waals surface area contributed by atoms with E-state index in [0.717, 1.165) is 0 Å². The third-order valence-corrected chi connectivity index (χ3v) is 2.87. The molecule has 2 aromatic rings. The lowest BCUT2D eigenvalue weighted by atomic mass is 10.4. The number of rotatable bonds is 3. The minimum Gasteiger partial charge on any atom is -0.331 e. The molecule has 2 aromatic heterocycles. The molecular weight excluding hydrogens is 234 g/mol. The summed E-state index contributed by atoms with van der Waals surface area (Å²) < 4.78 is 1.89. The van der Waals surface area contributed by atoms with Crippen molar-refractivity contribution in [2.75, 3.05) is 12.1 Å². The molecular formula is C9H10ClN3OS. The molecule has 1 N–H and O–H groups in total. The van der Waals surface area contributed by atoms with Crippen LogP contribution in [0.3, 0.4) is 0 Å². The van der Waals surface area contributed by atoms with Crippen LogP contribution in [-0.2, 0) is 6.54 Å². The van der Waals surface area contributed by atoms with Crippen LogP contribution in [0.5, 0.6) is 0 Å². The molecule has 0 spiro atoms. The lowest BCUT2D eigenvalue weighted by molar-refractivity contribution is 0.782. The lowest BCUT2D eigenvalue weighted by Crippen LogP contribution is -2.10. The second-order valence-electron chi connectivity index (χ2n) is 3.01. The van der Waals surface area contributed by atoms with Crippen LogP contribution in [-0.4, -0.2) is 26.7 Å². The van der Waals surface area contributed by atoms with Crippen LogP contribution >= 0.6 is 23.4 Å². The molecule has 2 rings (SSSR count). The largest absolute Gasteiger partial charge is 0.331 e. The Morgan fingerprint density at radius 1 is 1.67 bits per heavy atom. The van der Waals surface area contributed by atoms with Crippen molar-refractivity contribution < 1.29 is 0 Å². The number of aromatic amines is 1. The average molecular weight is 244 g/mol. The summed E-state index contributed by atoms with van der Waals surface area (Å²) in [6.07, 6.45) is 3.71. The van der Waals surface area contributed by atoms with Gasteiger partial charge in [0.05, 0.1) is 5.39 Å². The van der Waals surface area contributed by atoms with Gasteiger partial charge in [0.1, 0.15) is 5.65 Å². The van der Waals surface area contributed by atoms with Crippen LogP contribution < -0.4 is 5.56 Å². The molecule has 0 amide bonds. The van der Waals surface area contributed by atoms with Gasteiger partial charge in [-0.1, -0.05) is 11.8 Å². The van der Waals surface area contributed by atoms with E-state index in [0.29, 0.717) is 28.6 Å². The van der Waals surface area contributed by atoms with Crippen LogP contribution in [0, 0.1) is 0 Å². The maximum absolute atomic E-state index is 11.6. The lowest BCUT2D eigenvalue weighted by Gasteiger charge is -2.01. The number of hydrogen-bond donors (Lipinski definition) is 1. The molecule has 15 heavy (non-hydrogen) atoms. The summed E-state index contributed by atoms with van der Waals surface area (Å²) in [6, 6.07) is 1.76. The molecule has 80 valence electrons. The van der Waals surface area contributed by atoms with E-state index in [1.807, 2.05) is 17.0 Å². The molecule has 0 radical (unpaired) electrons. The van der Waals surface area contributed by atoms with Gasteiger partial charge in [0, 0.05) is 18.6 Å². The van der Waals surface area contributed by atoms with Crippen molar-refractivity contribution in [3.05, 3.63) is 22.6 Å². The maximum atomic E-state index is 11.6. The first-order chi connectivity index (χ1) is 7.26. The van der Waals surface area contributed by atoms with Crippen LogP contribution in [0.25, 0.3) is 11.0 Å². The van der Waals surface area contributed by atoms with Crippen molar-refractivity contribution in [1.82, 2.24) is 14.5 Å². The summed E-state index contributed by atoms with van der Waals surface area (Å²) in [5.74, 6) is 0.507. The topological polar surface area (TPSA) is 50.7 Å². The fourth-order valence-corrected chi connectivity index (χ4v) is 1.98. The summed E-state index contributed by atoms with van der Waals surface area (Å²) in [6.45, 7) is 0.662. The fourth-order valence-electron chi connectivity index (χ4n) is 1.42. The molecule has 4 nitrogen and oxygen atoms in total. The number of alkyl halides is 1. The van der Waals surface area contributed by atoms with E-state index in [9.17, 15) is 4.79 Å². The zero-order chi connectivity index (χ0) is 10.8. The van der Waals surface area contributed by atoms with E-state index in [1.54, 1.807) is 6.07 Å². The van der Waals surface area contributed by atoms with Gasteiger partial charge in [-0.15, -0.1) is 11.6 Å². The molecule has 0 saturated carbocycles. The Morgan fingerprint density at radius 3 is 3.13 bits per heavy atom. The maximum Gasteiger partial charge on any atom is 0.261 e. The summed E-state index contributed by atoms with van der Waals surface area (Å²) in [5.41, 5.74) is 0.599. The van der Waals surface area contributed by atoms with Gasteiger partial charge >= 0.3 is 0 Å². The standard InChI is InChI=1S/C9H10ClN3OS/c1-15-9-11-7-6(8(14)12-9)2-4-13(7)5-3-10/h2,4H,3,5H2,1H3,(H,11,12,14). The smallest absolute Gasteiger partial charge is 0.261 e. The predicted molar refractivity (Wildman–Crippen MR) is 62.9 cm³/mol. The Kier molecular flexibility index (Phi) is 3.02. The van der Waals surface area contributed by atoms with Gasteiger partial charge in [-0.25, -0.2) is 4.98 Å². The summed E-state index contributed by atoms with van der Waals surface area (Å²) >= 11 is 7.08. The van der Waals surface area contributed by atoms with Crippen molar-refractivity contribution in [2.24, 2.45) is 0 Å². The minimum absolute atomic E-state index is 0.0994. The van der Waals surface area contributed by atoms with Gasteiger partial charge in [-0.05, 0) is 12.3 Å². The molecule has 0 aliphatic rings. The highest BCUT2D eigenvalue weighted by Gasteiger charge is 2.07. The van der Waals surface area contributed by atoms with E-state index in [2.05, 4.69) is 9.97 Å². The van der Waals surface area contributed by atoms with E-state index in [1.165, 1.54) is 11.8 Å². The highest BCUT2D eigenvalue weighted by molar-refractivity contribution is 7.98. The number of nitrogens with one attached hydrogen (secondary N) is 1. The second kappa shape index (κ2) is 4.28. The first-order valence-electron chi connectivity index (χ1n) is 4.45. The van der Waals surface area contributed by atoms with Crippen LogP contribution in [0.1, 0.15) is 0 Å². The first kappa shape index (κ1) is 10.6. The Hall–Kier alpha value is -0.940. The van der Waals surface area contributed by atoms with Crippen molar-refractivity contribution in [3.8, 4) is 0 Å². The van der Waals surface area contributed by atoms with Gasteiger partial charge in [-0.2, -0.15) is 0 Å². The van der Waals surface area contributed by atoms with Gasteiger partial charge in [-0.3, -0.25) is 4.79 Å². The minimum atomic E-state index is -0.0994. The van der Waals surface area contributed by atoms with Crippen LogP contribution in [0.4, 0.5) is 0 Å². The van der Waals surface area contributed by atoms with Gasteiger partial charge in [0.2, 0.25) is 0 Å². The average Bonchev–Trinajstić information content (AvgIpc) is 2.63. The Labute approximate surface area is 95.7 Å². The zero-order valence-electron chi connectivity index (χ0n) is 8.16. The molecule has 0 atom stereocenters. The molecule has 0 aromatic carbocycles. The molecule has 0 fully saturated rings. The molecule has 0 bridgehead atoms. The van der Waals surface area contributed by atoms with Crippen molar-refractivity contribution in [1.29, 1.82) is 0 Å². The molecule has 6 heteroatoms. The quantitative estimate of drug-likeness (QED) is 0.507. The number of aromatic nitrogens is 3. The van der Waals surface area contributed by atoms with Crippen molar-refractivity contribution in [3.63, 3.8) is 0 Å². The van der Waals surface area contributed by atoms with E-state index in [-0.39, 0.29) is 5.56 Å².